The van der Waals surface area contributed by atoms with Crippen molar-refractivity contribution in [3.8, 4) is 5.75 Å². The monoisotopic (exact) mass is 311 g/mol. The lowest BCUT2D eigenvalue weighted by Crippen LogP contribution is -2.20. The molecule has 3 rings (SSSR count). The van der Waals surface area contributed by atoms with Gasteiger partial charge in [-0.25, -0.2) is 0 Å². The number of hydrogen-bond acceptors (Lipinski definition) is 3. The van der Waals surface area contributed by atoms with E-state index in [1.165, 1.54) is 21.2 Å². The summed E-state index contributed by atoms with van der Waals surface area (Å²) in [6, 6.07) is 16.5. The third-order valence-corrected chi connectivity index (χ3v) is 4.96. The number of nitrogens with one attached hydrogen (secondary N) is 1. The van der Waals surface area contributed by atoms with Crippen molar-refractivity contribution in [2.75, 3.05) is 6.54 Å². The summed E-state index contributed by atoms with van der Waals surface area (Å²) < 4.78 is 1.35. The summed E-state index contributed by atoms with van der Waals surface area (Å²) in [5, 5.41) is 16.7. The number of aryl methyl sites for hydroxylation is 1. The molecule has 0 radical (unpaired) electrons. The van der Waals surface area contributed by atoms with E-state index >= 15 is 0 Å². The largest absolute Gasteiger partial charge is 0.508 e. The van der Waals surface area contributed by atoms with Crippen LogP contribution in [0.25, 0.3) is 10.1 Å². The number of benzene rings is 2. The third kappa shape index (κ3) is 3.49. The molecule has 2 N–H and O–H groups in total. The Kier molecular flexibility index (Phi) is 4.76. The molecule has 3 heteroatoms. The number of hydrogen-bond donors (Lipinski definition) is 2. The van der Waals surface area contributed by atoms with Crippen LogP contribution in [0.4, 0.5) is 0 Å². The van der Waals surface area contributed by atoms with Crippen LogP contribution in [0, 0.1) is 0 Å². The van der Waals surface area contributed by atoms with Crippen molar-refractivity contribution in [1.29, 1.82) is 0 Å². The van der Waals surface area contributed by atoms with Gasteiger partial charge in [-0.3, -0.25) is 0 Å². The molecule has 0 aliphatic heterocycles. The van der Waals surface area contributed by atoms with E-state index in [0.717, 1.165) is 19.4 Å². The molecule has 0 amide bonds. The molecule has 3 aromatic rings. The second-order valence-electron chi connectivity index (χ2n) is 5.64. The maximum Gasteiger partial charge on any atom is 0.115 e. The van der Waals surface area contributed by atoms with Gasteiger partial charge in [0.25, 0.3) is 0 Å². The number of thiophene rings is 1. The fraction of sp³-hybridized carbons (Fsp3) is 0.263. The summed E-state index contributed by atoms with van der Waals surface area (Å²) in [6.45, 7) is 3.20. The first-order chi connectivity index (χ1) is 10.7. The van der Waals surface area contributed by atoms with Crippen LogP contribution in [0.1, 0.15) is 30.5 Å². The van der Waals surface area contributed by atoms with Crippen LogP contribution < -0.4 is 5.32 Å². The molecule has 1 atom stereocenters. The Morgan fingerprint density at radius 3 is 2.86 bits per heavy atom. The van der Waals surface area contributed by atoms with Gasteiger partial charge in [0.05, 0.1) is 0 Å². The smallest absolute Gasteiger partial charge is 0.115 e. The van der Waals surface area contributed by atoms with E-state index < -0.39 is 0 Å². The van der Waals surface area contributed by atoms with Gasteiger partial charge in [-0.05, 0) is 66.4 Å². The van der Waals surface area contributed by atoms with Gasteiger partial charge in [-0.2, -0.15) is 0 Å². The molecule has 0 saturated heterocycles. The van der Waals surface area contributed by atoms with Crippen LogP contribution >= 0.6 is 11.3 Å². The summed E-state index contributed by atoms with van der Waals surface area (Å²) >= 11 is 1.81. The molecule has 114 valence electrons. The third-order valence-electron chi connectivity index (χ3n) is 3.98. The molecule has 2 aromatic carbocycles. The van der Waals surface area contributed by atoms with E-state index in [4.69, 9.17) is 0 Å². The first-order valence-electron chi connectivity index (χ1n) is 7.71. The predicted octanol–water partition coefficient (Wildman–Crippen LogP) is 4.89. The molecule has 0 saturated carbocycles. The van der Waals surface area contributed by atoms with E-state index in [1.807, 2.05) is 23.5 Å². The molecule has 0 aliphatic rings. The lowest BCUT2D eigenvalue weighted by atomic mass is 10.1. The minimum absolute atomic E-state index is 0.351. The maximum atomic E-state index is 9.47. The molecule has 0 bridgehead atoms. The van der Waals surface area contributed by atoms with E-state index in [0.29, 0.717) is 11.8 Å². The van der Waals surface area contributed by atoms with Crippen molar-refractivity contribution < 1.29 is 5.11 Å². The van der Waals surface area contributed by atoms with Crippen molar-refractivity contribution in [1.82, 2.24) is 5.32 Å². The highest BCUT2D eigenvalue weighted by atomic mass is 32.1. The van der Waals surface area contributed by atoms with Crippen LogP contribution in [0.3, 0.4) is 0 Å². The topological polar surface area (TPSA) is 32.3 Å². The highest BCUT2D eigenvalue weighted by Gasteiger charge is 2.10. The van der Waals surface area contributed by atoms with Gasteiger partial charge < -0.3 is 10.4 Å². The van der Waals surface area contributed by atoms with Gasteiger partial charge >= 0.3 is 0 Å². The molecule has 0 spiro atoms. The molecule has 1 aromatic heterocycles. The molecule has 0 aliphatic carbocycles. The molecule has 1 heterocycles. The second kappa shape index (κ2) is 6.95. The average Bonchev–Trinajstić information content (AvgIpc) is 2.95. The predicted molar refractivity (Wildman–Crippen MR) is 94.7 cm³/mol. The quantitative estimate of drug-likeness (QED) is 0.635. The molecule has 2 nitrogen and oxygen atoms in total. The Labute approximate surface area is 135 Å². The standard InChI is InChI=1S/C19H21NOS/c1-14(18-13-22-19-10-3-2-9-17(18)19)20-11-5-7-15-6-4-8-16(21)12-15/h2-4,6,8-10,12-14,20-21H,5,7,11H2,1H3. The van der Waals surface area contributed by atoms with Gasteiger partial charge in [0.15, 0.2) is 0 Å². The van der Waals surface area contributed by atoms with Gasteiger partial charge in [0.1, 0.15) is 5.75 Å². The minimum atomic E-state index is 0.351. The Morgan fingerprint density at radius 2 is 2.00 bits per heavy atom. The average molecular weight is 311 g/mol. The summed E-state index contributed by atoms with van der Waals surface area (Å²) in [5.74, 6) is 0.351. The zero-order valence-corrected chi connectivity index (χ0v) is 13.6. The molecular weight excluding hydrogens is 290 g/mol. The SMILES string of the molecule is CC(NCCCc1cccc(O)c1)c1csc2ccccc12. The van der Waals surface area contributed by atoms with Crippen LogP contribution in [-0.2, 0) is 6.42 Å². The van der Waals surface area contributed by atoms with E-state index in [1.54, 1.807) is 6.07 Å². The molecule has 22 heavy (non-hydrogen) atoms. The number of phenolic OH excluding ortho intramolecular Hbond substituents is 1. The van der Waals surface area contributed by atoms with Crippen molar-refractivity contribution in [3.05, 3.63) is 65.0 Å². The first kappa shape index (κ1) is 15.1. The fourth-order valence-corrected chi connectivity index (χ4v) is 3.82. The van der Waals surface area contributed by atoms with Gasteiger partial charge in [-0.15, -0.1) is 11.3 Å². The van der Waals surface area contributed by atoms with Crippen LogP contribution in [0.2, 0.25) is 0 Å². The zero-order chi connectivity index (χ0) is 15.4. The zero-order valence-electron chi connectivity index (χ0n) is 12.8. The lowest BCUT2D eigenvalue weighted by molar-refractivity contribution is 0.474. The maximum absolute atomic E-state index is 9.47. The summed E-state index contributed by atoms with van der Waals surface area (Å²) in [5.41, 5.74) is 2.58. The highest BCUT2D eigenvalue weighted by Crippen LogP contribution is 2.29. The van der Waals surface area contributed by atoms with Crippen molar-refractivity contribution in [2.45, 2.75) is 25.8 Å². The number of rotatable bonds is 6. The molecule has 1 unspecified atom stereocenters. The Morgan fingerprint density at radius 1 is 1.14 bits per heavy atom. The summed E-state index contributed by atoms with van der Waals surface area (Å²) in [6.07, 6.45) is 2.05. The minimum Gasteiger partial charge on any atom is -0.508 e. The van der Waals surface area contributed by atoms with Gasteiger partial charge in [0, 0.05) is 10.7 Å². The number of aromatic hydroxyl groups is 1. The van der Waals surface area contributed by atoms with Crippen LogP contribution in [0.15, 0.2) is 53.9 Å². The number of phenols is 1. The highest BCUT2D eigenvalue weighted by molar-refractivity contribution is 7.17. The van der Waals surface area contributed by atoms with E-state index in [2.05, 4.69) is 48.0 Å². The van der Waals surface area contributed by atoms with E-state index in [9.17, 15) is 5.11 Å². The van der Waals surface area contributed by atoms with Crippen LogP contribution in [-0.4, -0.2) is 11.7 Å². The van der Waals surface area contributed by atoms with Crippen molar-refractivity contribution in [2.24, 2.45) is 0 Å². The normalized spacial score (nSPS) is 12.6. The first-order valence-corrected chi connectivity index (χ1v) is 8.59. The molecule has 0 fully saturated rings. The lowest BCUT2D eigenvalue weighted by Gasteiger charge is -2.13. The number of fused-ring (bicyclic) bond motifs is 1. The fourth-order valence-electron chi connectivity index (χ4n) is 2.77. The Balaban J connectivity index is 1.53. The van der Waals surface area contributed by atoms with Crippen molar-refractivity contribution >= 4 is 21.4 Å². The second-order valence-corrected chi connectivity index (χ2v) is 6.55. The Hall–Kier alpha value is -1.84. The van der Waals surface area contributed by atoms with Crippen LogP contribution in [0.5, 0.6) is 5.75 Å². The molecular formula is C19H21NOS. The summed E-state index contributed by atoms with van der Waals surface area (Å²) in [4.78, 5) is 0. The van der Waals surface area contributed by atoms with E-state index in [-0.39, 0.29) is 0 Å². The summed E-state index contributed by atoms with van der Waals surface area (Å²) in [7, 11) is 0. The van der Waals surface area contributed by atoms with Gasteiger partial charge in [-0.1, -0.05) is 30.3 Å². The Bertz CT molecular complexity index is 750. The van der Waals surface area contributed by atoms with Crippen molar-refractivity contribution in [3.63, 3.8) is 0 Å². The van der Waals surface area contributed by atoms with Gasteiger partial charge in [0.2, 0.25) is 0 Å².